The van der Waals surface area contributed by atoms with Gasteiger partial charge in [-0.1, -0.05) is 27.2 Å². The van der Waals surface area contributed by atoms with E-state index in [1.54, 1.807) is 0 Å². The van der Waals surface area contributed by atoms with Gasteiger partial charge in [0.1, 0.15) is 12.1 Å². The highest BCUT2D eigenvalue weighted by Gasteiger charge is 2.60. The minimum absolute atomic E-state index is 0.00560. The molecule has 1 heterocycles. The molecular formula is C28H37F2N3O. The van der Waals surface area contributed by atoms with Gasteiger partial charge in [-0.2, -0.15) is 9.90 Å². The maximum Gasteiger partial charge on any atom is 0.188 e. The molecule has 1 aromatic heterocycles. The number of rotatable bonds is 3. The maximum absolute atomic E-state index is 14.1. The zero-order valence-corrected chi connectivity index (χ0v) is 20.7. The van der Waals surface area contributed by atoms with Crippen molar-refractivity contribution in [3.05, 3.63) is 23.8 Å². The SMILES string of the molecule is CC1CC[C@@]2(C)C(CCC3C2CC[C@]2(C)C(C(=O)Cn4nc5ccc(F)c(F)c5n4)CCC32)C1. The lowest BCUT2D eigenvalue weighted by molar-refractivity contribution is -0.137. The van der Waals surface area contributed by atoms with E-state index in [4.69, 9.17) is 0 Å². The highest BCUT2D eigenvalue weighted by molar-refractivity contribution is 5.82. The second-order valence-electron chi connectivity index (χ2n) is 12.6. The highest BCUT2D eigenvalue weighted by Crippen LogP contribution is 2.67. The molecule has 0 spiro atoms. The van der Waals surface area contributed by atoms with E-state index in [0.29, 0.717) is 11.3 Å². The first-order valence-corrected chi connectivity index (χ1v) is 13.4. The van der Waals surface area contributed by atoms with Crippen LogP contribution in [0.3, 0.4) is 0 Å². The summed E-state index contributed by atoms with van der Waals surface area (Å²) in [5.41, 5.74) is 0.704. The van der Waals surface area contributed by atoms with Crippen LogP contribution < -0.4 is 0 Å². The lowest BCUT2D eigenvalue weighted by Crippen LogP contribution is -2.53. The molecule has 0 radical (unpaired) electrons. The second-order valence-corrected chi connectivity index (χ2v) is 12.6. The Morgan fingerprint density at radius 2 is 1.76 bits per heavy atom. The minimum Gasteiger partial charge on any atom is -0.297 e. The first-order valence-electron chi connectivity index (χ1n) is 13.4. The second kappa shape index (κ2) is 7.83. The van der Waals surface area contributed by atoms with Crippen molar-refractivity contribution in [2.45, 2.75) is 85.1 Å². The number of ketones is 1. The van der Waals surface area contributed by atoms with Crippen LogP contribution in [0.25, 0.3) is 11.0 Å². The number of Topliss-reactive ketones (excluding diaryl/α,β-unsaturated/α-hetero) is 1. The third-order valence-electron chi connectivity index (χ3n) is 11.1. The summed E-state index contributed by atoms with van der Waals surface area (Å²) in [4.78, 5) is 14.8. The fraction of sp³-hybridized carbons (Fsp3) is 0.750. The lowest BCUT2D eigenvalue weighted by Gasteiger charge is -2.61. The Bertz CT molecular complexity index is 1130. The smallest absolute Gasteiger partial charge is 0.188 e. The van der Waals surface area contributed by atoms with Crippen molar-refractivity contribution in [2.75, 3.05) is 0 Å². The number of hydrogen-bond donors (Lipinski definition) is 0. The van der Waals surface area contributed by atoms with Crippen LogP contribution in [-0.4, -0.2) is 20.8 Å². The first kappa shape index (κ1) is 22.6. The Kier molecular flexibility index (Phi) is 5.20. The Morgan fingerprint density at radius 3 is 2.59 bits per heavy atom. The molecule has 0 bridgehead atoms. The maximum atomic E-state index is 14.1. The summed E-state index contributed by atoms with van der Waals surface area (Å²) < 4.78 is 27.7. The molecule has 34 heavy (non-hydrogen) atoms. The van der Waals surface area contributed by atoms with Gasteiger partial charge in [0.25, 0.3) is 0 Å². The van der Waals surface area contributed by atoms with Crippen molar-refractivity contribution in [3.63, 3.8) is 0 Å². The molecule has 4 fully saturated rings. The summed E-state index contributed by atoms with van der Waals surface area (Å²) >= 11 is 0. The number of nitrogens with zero attached hydrogens (tertiary/aromatic N) is 3. The van der Waals surface area contributed by atoms with Gasteiger partial charge in [-0.05, 0) is 104 Å². The van der Waals surface area contributed by atoms with Gasteiger partial charge in [-0.15, -0.1) is 5.10 Å². The molecule has 2 aromatic rings. The number of aromatic nitrogens is 3. The number of benzene rings is 1. The molecule has 4 saturated carbocycles. The standard InChI is InChI=1S/C28H37F2N3O/c1-16-10-12-27(2)17(14-16)4-5-18-19-6-7-21(28(19,3)13-11-20(18)27)24(34)15-33-31-23-9-8-22(29)25(30)26(23)32-33/h8-9,16-21H,4-7,10-15H2,1-3H3/t16?,17?,18?,19?,20?,21?,27-,28-/m0/s1. The third kappa shape index (κ3) is 3.22. The molecular weight excluding hydrogens is 432 g/mol. The van der Waals surface area contributed by atoms with Crippen LogP contribution in [0.15, 0.2) is 12.1 Å². The Balaban J connectivity index is 1.21. The molecule has 6 rings (SSSR count). The van der Waals surface area contributed by atoms with Gasteiger partial charge in [0.2, 0.25) is 0 Å². The molecule has 6 heteroatoms. The number of halogens is 2. The highest BCUT2D eigenvalue weighted by atomic mass is 19.2. The van der Waals surface area contributed by atoms with Gasteiger partial charge in [0.05, 0.1) is 0 Å². The number of hydrogen-bond acceptors (Lipinski definition) is 3. The summed E-state index contributed by atoms with van der Waals surface area (Å²) in [5.74, 6) is 2.14. The minimum atomic E-state index is -0.997. The number of carbonyl (C=O) groups excluding carboxylic acids is 1. The topological polar surface area (TPSA) is 47.8 Å². The number of carbonyl (C=O) groups is 1. The fourth-order valence-corrected chi connectivity index (χ4v) is 9.29. The van der Waals surface area contributed by atoms with Gasteiger partial charge in [-0.25, -0.2) is 8.78 Å². The molecule has 6 unspecified atom stereocenters. The van der Waals surface area contributed by atoms with E-state index in [1.807, 2.05) is 0 Å². The van der Waals surface area contributed by atoms with E-state index < -0.39 is 11.6 Å². The summed E-state index contributed by atoms with van der Waals surface area (Å²) in [6.07, 6.45) is 11.3. The quantitative estimate of drug-likeness (QED) is 0.511. The molecule has 4 nitrogen and oxygen atoms in total. The predicted molar refractivity (Wildman–Crippen MR) is 127 cm³/mol. The normalized spacial score (nSPS) is 41.7. The van der Waals surface area contributed by atoms with E-state index in [9.17, 15) is 13.6 Å². The van der Waals surface area contributed by atoms with Crippen LogP contribution in [0.5, 0.6) is 0 Å². The summed E-state index contributed by atoms with van der Waals surface area (Å²) in [6.45, 7) is 7.42. The summed E-state index contributed by atoms with van der Waals surface area (Å²) in [5, 5.41) is 8.36. The molecule has 1 aromatic carbocycles. The Hall–Kier alpha value is -1.85. The van der Waals surface area contributed by atoms with Crippen LogP contribution in [0.2, 0.25) is 0 Å². The van der Waals surface area contributed by atoms with E-state index in [2.05, 4.69) is 31.0 Å². The predicted octanol–water partition coefficient (Wildman–Crippen LogP) is 6.57. The third-order valence-corrected chi connectivity index (χ3v) is 11.1. The monoisotopic (exact) mass is 469 g/mol. The van der Waals surface area contributed by atoms with Crippen molar-refractivity contribution in [2.24, 2.45) is 46.3 Å². The van der Waals surface area contributed by atoms with Crippen LogP contribution >= 0.6 is 0 Å². The molecule has 184 valence electrons. The molecule has 0 saturated heterocycles. The van der Waals surface area contributed by atoms with Crippen LogP contribution in [-0.2, 0) is 11.3 Å². The molecule has 0 amide bonds. The molecule has 4 aliphatic carbocycles. The van der Waals surface area contributed by atoms with E-state index >= 15 is 0 Å². The van der Waals surface area contributed by atoms with Crippen molar-refractivity contribution in [3.8, 4) is 0 Å². The molecule has 0 aliphatic heterocycles. The van der Waals surface area contributed by atoms with Gasteiger partial charge >= 0.3 is 0 Å². The zero-order chi connectivity index (χ0) is 23.8. The fourth-order valence-electron chi connectivity index (χ4n) is 9.29. The summed E-state index contributed by atoms with van der Waals surface area (Å²) in [6, 6.07) is 2.47. The molecule has 4 aliphatic rings. The van der Waals surface area contributed by atoms with Crippen molar-refractivity contribution < 1.29 is 13.6 Å². The van der Waals surface area contributed by atoms with Crippen LogP contribution in [0, 0.1) is 58.0 Å². The van der Waals surface area contributed by atoms with Crippen molar-refractivity contribution >= 4 is 16.8 Å². The van der Waals surface area contributed by atoms with Crippen molar-refractivity contribution in [1.82, 2.24) is 15.0 Å². The van der Waals surface area contributed by atoms with E-state index in [-0.39, 0.29) is 34.7 Å². The molecule has 8 atom stereocenters. The molecule has 0 N–H and O–H groups in total. The van der Waals surface area contributed by atoms with Crippen molar-refractivity contribution in [1.29, 1.82) is 0 Å². The van der Waals surface area contributed by atoms with Gasteiger partial charge < -0.3 is 0 Å². The van der Waals surface area contributed by atoms with Gasteiger partial charge in [-0.3, -0.25) is 4.79 Å². The van der Waals surface area contributed by atoms with Gasteiger partial charge in [0.15, 0.2) is 22.9 Å². The zero-order valence-electron chi connectivity index (χ0n) is 20.7. The van der Waals surface area contributed by atoms with Gasteiger partial charge in [0, 0.05) is 5.92 Å². The average molecular weight is 470 g/mol. The summed E-state index contributed by atoms with van der Waals surface area (Å²) in [7, 11) is 0. The average Bonchev–Trinajstić information content (AvgIpc) is 3.37. The van der Waals surface area contributed by atoms with Crippen LogP contribution in [0.1, 0.15) is 78.6 Å². The van der Waals surface area contributed by atoms with E-state index in [0.717, 1.165) is 49.0 Å². The first-order chi connectivity index (χ1) is 16.2. The van der Waals surface area contributed by atoms with E-state index in [1.165, 1.54) is 49.4 Å². The Morgan fingerprint density at radius 1 is 1.00 bits per heavy atom. The lowest BCUT2D eigenvalue weighted by atomic mass is 9.44. The Labute approximate surface area is 200 Å². The van der Waals surface area contributed by atoms with Crippen LogP contribution in [0.4, 0.5) is 8.78 Å². The number of fused-ring (bicyclic) bond motifs is 6. The largest absolute Gasteiger partial charge is 0.297 e.